The largest absolute Gasteiger partial charge is 0.361 e. The number of rotatable bonds is 3. The highest BCUT2D eigenvalue weighted by Gasteiger charge is 2.12. The average molecular weight is 254 g/mol. The first-order valence-corrected chi connectivity index (χ1v) is 6.83. The van der Waals surface area contributed by atoms with Gasteiger partial charge in [-0.25, -0.2) is 0 Å². The summed E-state index contributed by atoms with van der Waals surface area (Å²) in [5.41, 5.74) is 1.80. The van der Waals surface area contributed by atoms with Gasteiger partial charge in [0, 0.05) is 29.2 Å². The Morgan fingerprint density at radius 1 is 1.32 bits per heavy atom. The highest BCUT2D eigenvalue weighted by Crippen LogP contribution is 2.18. The van der Waals surface area contributed by atoms with Crippen molar-refractivity contribution < 1.29 is 4.79 Å². The van der Waals surface area contributed by atoms with E-state index in [-0.39, 0.29) is 5.91 Å². The van der Waals surface area contributed by atoms with Gasteiger partial charge in [0.1, 0.15) is 0 Å². The van der Waals surface area contributed by atoms with Crippen LogP contribution >= 0.6 is 0 Å². The zero-order chi connectivity index (χ0) is 13.1. The van der Waals surface area contributed by atoms with E-state index in [0.717, 1.165) is 35.9 Å². The quantitative estimate of drug-likeness (QED) is 0.811. The molecule has 0 radical (unpaired) electrons. The third-order valence-corrected chi connectivity index (χ3v) is 3.74. The number of fused-ring (bicyclic) bond motifs is 1. The van der Waals surface area contributed by atoms with E-state index in [9.17, 15) is 4.79 Å². The van der Waals surface area contributed by atoms with Gasteiger partial charge in [-0.1, -0.05) is 12.2 Å². The Labute approximate surface area is 112 Å². The van der Waals surface area contributed by atoms with Crippen LogP contribution in [0.2, 0.25) is 0 Å². The van der Waals surface area contributed by atoms with E-state index in [1.807, 2.05) is 30.5 Å². The summed E-state index contributed by atoms with van der Waals surface area (Å²) in [7, 11) is 0. The third kappa shape index (κ3) is 2.70. The van der Waals surface area contributed by atoms with Crippen LogP contribution in [0.1, 0.15) is 29.6 Å². The first kappa shape index (κ1) is 12.0. The fourth-order valence-corrected chi connectivity index (χ4v) is 2.58. The van der Waals surface area contributed by atoms with Crippen LogP contribution in [0.25, 0.3) is 10.9 Å². The van der Waals surface area contributed by atoms with Gasteiger partial charge in [0.25, 0.3) is 5.91 Å². The van der Waals surface area contributed by atoms with Crippen LogP contribution in [0, 0.1) is 5.92 Å². The minimum absolute atomic E-state index is 0.0256. The maximum atomic E-state index is 12.1. The van der Waals surface area contributed by atoms with Crippen LogP contribution in [-0.2, 0) is 0 Å². The minimum Gasteiger partial charge on any atom is -0.361 e. The van der Waals surface area contributed by atoms with Crippen molar-refractivity contribution in [1.82, 2.24) is 10.3 Å². The van der Waals surface area contributed by atoms with Crippen LogP contribution in [-0.4, -0.2) is 17.4 Å². The first-order valence-electron chi connectivity index (χ1n) is 6.83. The number of hydrogen-bond acceptors (Lipinski definition) is 1. The molecule has 0 saturated heterocycles. The van der Waals surface area contributed by atoms with Gasteiger partial charge in [-0.3, -0.25) is 4.79 Å². The zero-order valence-electron chi connectivity index (χ0n) is 10.9. The Hall–Kier alpha value is -2.03. The molecule has 0 aliphatic heterocycles. The number of hydrogen-bond donors (Lipinski definition) is 2. The van der Waals surface area contributed by atoms with E-state index in [2.05, 4.69) is 22.5 Å². The van der Waals surface area contributed by atoms with E-state index in [0.29, 0.717) is 5.92 Å². The normalized spacial score (nSPS) is 18.6. The lowest BCUT2D eigenvalue weighted by Gasteiger charge is -2.18. The van der Waals surface area contributed by atoms with E-state index >= 15 is 0 Å². The Morgan fingerprint density at radius 3 is 3.11 bits per heavy atom. The minimum atomic E-state index is 0.0256. The molecule has 98 valence electrons. The van der Waals surface area contributed by atoms with Crippen molar-refractivity contribution in [2.45, 2.75) is 19.3 Å². The van der Waals surface area contributed by atoms with Crippen molar-refractivity contribution in [3.63, 3.8) is 0 Å². The van der Waals surface area contributed by atoms with Gasteiger partial charge in [-0.15, -0.1) is 0 Å². The van der Waals surface area contributed by atoms with Crippen LogP contribution in [0.3, 0.4) is 0 Å². The molecular weight excluding hydrogens is 236 g/mol. The Morgan fingerprint density at radius 2 is 2.26 bits per heavy atom. The van der Waals surface area contributed by atoms with Crippen molar-refractivity contribution in [3.8, 4) is 0 Å². The molecule has 1 aliphatic carbocycles. The van der Waals surface area contributed by atoms with Gasteiger partial charge < -0.3 is 10.3 Å². The molecule has 1 aliphatic rings. The van der Waals surface area contributed by atoms with Gasteiger partial charge in [-0.05, 0) is 49.4 Å². The highest BCUT2D eigenvalue weighted by molar-refractivity contribution is 5.98. The lowest BCUT2D eigenvalue weighted by molar-refractivity contribution is 0.0946. The summed E-state index contributed by atoms with van der Waals surface area (Å²) in [5, 5.41) is 4.12. The van der Waals surface area contributed by atoms with Crippen molar-refractivity contribution in [2.75, 3.05) is 6.54 Å². The predicted molar refractivity (Wildman–Crippen MR) is 77.1 cm³/mol. The van der Waals surface area contributed by atoms with Crippen LogP contribution in [0.4, 0.5) is 0 Å². The lowest BCUT2D eigenvalue weighted by Crippen LogP contribution is -2.29. The van der Waals surface area contributed by atoms with Crippen molar-refractivity contribution in [1.29, 1.82) is 0 Å². The van der Waals surface area contributed by atoms with Crippen LogP contribution in [0.15, 0.2) is 42.6 Å². The maximum absolute atomic E-state index is 12.1. The summed E-state index contributed by atoms with van der Waals surface area (Å²) in [6, 6.07) is 7.74. The fraction of sp³-hybridized carbons (Fsp3) is 0.312. The SMILES string of the molecule is O=C(NCC1CC=CCC1)c1ccc2[nH]ccc2c1. The van der Waals surface area contributed by atoms with E-state index in [1.54, 1.807) is 0 Å². The molecule has 3 heteroatoms. The Bertz CT molecular complexity index is 612. The molecule has 3 rings (SSSR count). The number of carbonyl (C=O) groups is 1. The molecule has 1 aromatic carbocycles. The fourth-order valence-electron chi connectivity index (χ4n) is 2.58. The first-order chi connectivity index (χ1) is 9.33. The van der Waals surface area contributed by atoms with Crippen molar-refractivity contribution in [3.05, 3.63) is 48.2 Å². The molecule has 0 spiro atoms. The second-order valence-corrected chi connectivity index (χ2v) is 5.14. The van der Waals surface area contributed by atoms with Gasteiger partial charge in [0.15, 0.2) is 0 Å². The number of nitrogens with one attached hydrogen (secondary N) is 2. The summed E-state index contributed by atoms with van der Waals surface area (Å²) in [4.78, 5) is 15.2. The number of aromatic nitrogens is 1. The summed E-state index contributed by atoms with van der Waals surface area (Å²) in [5.74, 6) is 0.614. The monoisotopic (exact) mass is 254 g/mol. The number of aromatic amines is 1. The topological polar surface area (TPSA) is 44.9 Å². The second kappa shape index (κ2) is 5.31. The van der Waals surface area contributed by atoms with Gasteiger partial charge in [0.2, 0.25) is 0 Å². The maximum Gasteiger partial charge on any atom is 0.251 e. The zero-order valence-corrected chi connectivity index (χ0v) is 10.9. The van der Waals surface area contributed by atoms with Crippen molar-refractivity contribution in [2.24, 2.45) is 5.92 Å². The molecule has 2 aromatic rings. The molecule has 1 atom stereocenters. The predicted octanol–water partition coefficient (Wildman–Crippen LogP) is 3.25. The Balaban J connectivity index is 1.64. The second-order valence-electron chi connectivity index (χ2n) is 5.14. The molecule has 1 amide bonds. The van der Waals surface area contributed by atoms with E-state index in [1.165, 1.54) is 6.42 Å². The molecule has 2 N–H and O–H groups in total. The lowest BCUT2D eigenvalue weighted by atomic mass is 9.94. The third-order valence-electron chi connectivity index (χ3n) is 3.74. The molecular formula is C16H18N2O. The molecule has 1 unspecified atom stereocenters. The molecule has 0 saturated carbocycles. The number of allylic oxidation sites excluding steroid dienone is 2. The molecule has 0 bridgehead atoms. The molecule has 1 heterocycles. The van der Waals surface area contributed by atoms with Gasteiger partial charge in [-0.2, -0.15) is 0 Å². The summed E-state index contributed by atoms with van der Waals surface area (Å²) in [6.45, 7) is 0.772. The molecule has 0 fully saturated rings. The number of H-pyrrole nitrogens is 1. The highest BCUT2D eigenvalue weighted by atomic mass is 16.1. The number of benzene rings is 1. The molecule has 19 heavy (non-hydrogen) atoms. The smallest absolute Gasteiger partial charge is 0.251 e. The van der Waals surface area contributed by atoms with E-state index < -0.39 is 0 Å². The molecule has 3 nitrogen and oxygen atoms in total. The van der Waals surface area contributed by atoms with Gasteiger partial charge >= 0.3 is 0 Å². The van der Waals surface area contributed by atoms with Crippen LogP contribution < -0.4 is 5.32 Å². The average Bonchev–Trinajstić information content (AvgIpc) is 2.93. The van der Waals surface area contributed by atoms with Crippen LogP contribution in [0.5, 0.6) is 0 Å². The number of carbonyl (C=O) groups excluding carboxylic acids is 1. The Kier molecular flexibility index (Phi) is 3.36. The van der Waals surface area contributed by atoms with Gasteiger partial charge in [0.05, 0.1) is 0 Å². The van der Waals surface area contributed by atoms with Crippen molar-refractivity contribution >= 4 is 16.8 Å². The summed E-state index contributed by atoms with van der Waals surface area (Å²) in [6.07, 6.45) is 9.71. The number of amides is 1. The van der Waals surface area contributed by atoms with E-state index in [4.69, 9.17) is 0 Å². The standard InChI is InChI=1S/C16H18N2O/c19-16(18-11-12-4-2-1-3-5-12)14-6-7-15-13(10-14)8-9-17-15/h1-2,6-10,12,17H,3-5,11H2,(H,18,19). The molecule has 1 aromatic heterocycles. The summed E-state index contributed by atoms with van der Waals surface area (Å²) < 4.78 is 0. The summed E-state index contributed by atoms with van der Waals surface area (Å²) >= 11 is 0.